The van der Waals surface area contributed by atoms with Gasteiger partial charge < -0.3 is 9.64 Å². The summed E-state index contributed by atoms with van der Waals surface area (Å²) in [5, 5.41) is 0. The lowest BCUT2D eigenvalue weighted by atomic mass is 10.4. The summed E-state index contributed by atoms with van der Waals surface area (Å²) in [6.45, 7) is 5.78. The Balaban J connectivity index is 4.61. The molecule has 0 aliphatic rings. The topological polar surface area (TPSA) is 32.5 Å². The summed E-state index contributed by atoms with van der Waals surface area (Å²) in [6.07, 6.45) is 1.67. The minimum atomic E-state index is -0.353. The number of carbonyl (C=O) groups excluding carboxylic acids is 1. The highest BCUT2D eigenvalue weighted by Gasteiger charge is 2.19. The van der Waals surface area contributed by atoms with Crippen LogP contribution in [0.5, 0.6) is 0 Å². The molecule has 0 aromatic carbocycles. The summed E-state index contributed by atoms with van der Waals surface area (Å²) in [4.78, 5) is 13.1. The second-order valence-electron chi connectivity index (χ2n) is 2.90. The molecule has 0 saturated heterocycles. The quantitative estimate of drug-likeness (QED) is 0.273. The van der Waals surface area contributed by atoms with E-state index in [0.717, 1.165) is 0 Å². The van der Waals surface area contributed by atoms with Crippen molar-refractivity contribution in [1.82, 2.24) is 4.90 Å². The maximum Gasteiger partial charge on any atom is 0.405 e. The highest BCUT2D eigenvalue weighted by molar-refractivity contribution is 5.85. The van der Waals surface area contributed by atoms with E-state index >= 15 is 0 Å². The Kier molecular flexibility index (Phi) is 4.80. The average Bonchev–Trinajstić information content (AvgIpc) is 1.99. The molecule has 0 radical (unpaired) electrons. The van der Waals surface area contributed by atoms with Crippen LogP contribution in [0, 0.1) is 0 Å². The van der Waals surface area contributed by atoms with E-state index in [1.54, 1.807) is 25.1 Å². The Hall–Kier alpha value is -1.32. The molecule has 0 bridgehead atoms. The molecule has 0 N–H and O–H groups in total. The zero-order chi connectivity index (χ0) is 10.4. The Labute approximate surface area is 79.1 Å². The zero-order valence-electron chi connectivity index (χ0n) is 8.70. The number of ether oxygens (including phenoxy) is 1. The highest BCUT2D eigenvalue weighted by Crippen LogP contribution is 1.98. The largest absolute Gasteiger partial charge is 0.458 e. The zero-order valence-corrected chi connectivity index (χ0v) is 8.70. The van der Waals surface area contributed by atoms with E-state index in [1.165, 1.54) is 4.58 Å². The first-order chi connectivity index (χ1) is 5.99. The van der Waals surface area contributed by atoms with Crippen LogP contribution in [0.15, 0.2) is 11.9 Å². The molecule has 0 atom stereocenters. The fraction of sp³-hybridized carbons (Fsp3) is 0.556. The van der Waals surface area contributed by atoms with E-state index in [4.69, 9.17) is 4.74 Å². The Morgan fingerprint density at radius 1 is 1.62 bits per heavy atom. The second-order valence-corrected chi connectivity index (χ2v) is 2.90. The van der Waals surface area contributed by atoms with Crippen molar-refractivity contribution in [2.24, 2.45) is 0 Å². The lowest BCUT2D eigenvalue weighted by Crippen LogP contribution is -2.19. The number of carbonyl (C=O) groups is 1. The smallest absolute Gasteiger partial charge is 0.405 e. The van der Waals surface area contributed by atoms with Gasteiger partial charge in [-0.05, 0) is 6.92 Å². The molecule has 0 rings (SSSR count). The third kappa shape index (κ3) is 4.30. The van der Waals surface area contributed by atoms with Crippen LogP contribution in [0.1, 0.15) is 6.92 Å². The summed E-state index contributed by atoms with van der Waals surface area (Å²) < 4.78 is 6.33. The fourth-order valence-corrected chi connectivity index (χ4v) is 0.757. The molecule has 0 unspecified atom stereocenters. The molecule has 0 aromatic rings. The van der Waals surface area contributed by atoms with Crippen molar-refractivity contribution in [1.29, 1.82) is 0 Å². The SMILES string of the molecule is C=[N+](C)/C(=C\N(C)C)C(=O)OCC. The van der Waals surface area contributed by atoms with Crippen LogP contribution in [0.3, 0.4) is 0 Å². The maximum absolute atomic E-state index is 11.3. The van der Waals surface area contributed by atoms with Crippen molar-refractivity contribution in [2.75, 3.05) is 27.7 Å². The summed E-state index contributed by atoms with van der Waals surface area (Å²) in [6, 6.07) is 0. The maximum atomic E-state index is 11.3. The number of nitrogens with zero attached hydrogens (tertiary/aromatic N) is 2. The van der Waals surface area contributed by atoms with Gasteiger partial charge in [-0.25, -0.2) is 9.37 Å². The van der Waals surface area contributed by atoms with Gasteiger partial charge >= 0.3 is 11.7 Å². The molecule has 0 heterocycles. The van der Waals surface area contributed by atoms with E-state index < -0.39 is 0 Å². The molecule has 0 fully saturated rings. The average molecular weight is 185 g/mol. The molecule has 4 heteroatoms. The normalized spacial score (nSPS) is 10.9. The molecule has 0 amide bonds. The van der Waals surface area contributed by atoms with Crippen molar-refractivity contribution in [3.8, 4) is 0 Å². The molecule has 0 aromatic heterocycles. The van der Waals surface area contributed by atoms with Gasteiger partial charge in [-0.15, -0.1) is 0 Å². The Bertz CT molecular complexity index is 232. The molecule has 0 aliphatic heterocycles. The number of hydrogen-bond donors (Lipinski definition) is 0. The fourth-order valence-electron chi connectivity index (χ4n) is 0.757. The van der Waals surface area contributed by atoms with Crippen molar-refractivity contribution in [3.63, 3.8) is 0 Å². The van der Waals surface area contributed by atoms with Crippen molar-refractivity contribution < 1.29 is 14.1 Å². The van der Waals surface area contributed by atoms with Crippen LogP contribution >= 0.6 is 0 Å². The molecule has 4 nitrogen and oxygen atoms in total. The van der Waals surface area contributed by atoms with Crippen molar-refractivity contribution >= 4 is 12.7 Å². The van der Waals surface area contributed by atoms with Crippen LogP contribution in [-0.4, -0.2) is 49.9 Å². The number of likely N-dealkylation sites (N-methyl/N-ethyl adjacent to an activating group) is 1. The van der Waals surface area contributed by atoms with Gasteiger partial charge in [0.2, 0.25) is 0 Å². The van der Waals surface area contributed by atoms with Gasteiger partial charge in [0.25, 0.3) is 0 Å². The van der Waals surface area contributed by atoms with Gasteiger partial charge in [0.15, 0.2) is 0 Å². The summed E-state index contributed by atoms with van der Waals surface area (Å²) >= 11 is 0. The molecule has 74 valence electrons. The minimum Gasteiger partial charge on any atom is -0.458 e. The first kappa shape index (κ1) is 11.7. The molecular weight excluding hydrogens is 168 g/mol. The number of hydrogen-bond acceptors (Lipinski definition) is 3. The lowest BCUT2D eigenvalue weighted by Gasteiger charge is -2.06. The van der Waals surface area contributed by atoms with Gasteiger partial charge in [-0.2, -0.15) is 0 Å². The van der Waals surface area contributed by atoms with Gasteiger partial charge in [0, 0.05) is 14.1 Å². The van der Waals surface area contributed by atoms with Gasteiger partial charge in [0.1, 0.15) is 13.8 Å². The van der Waals surface area contributed by atoms with E-state index in [9.17, 15) is 4.79 Å². The molecule has 0 spiro atoms. The monoisotopic (exact) mass is 185 g/mol. The third-order valence-corrected chi connectivity index (χ3v) is 1.28. The van der Waals surface area contributed by atoms with Crippen molar-refractivity contribution in [2.45, 2.75) is 6.92 Å². The highest BCUT2D eigenvalue weighted by atomic mass is 16.5. The summed E-state index contributed by atoms with van der Waals surface area (Å²) in [5.74, 6) is -0.353. The molecule has 0 aliphatic carbocycles. The van der Waals surface area contributed by atoms with E-state index in [2.05, 4.69) is 6.72 Å². The number of esters is 1. The van der Waals surface area contributed by atoms with Crippen LogP contribution in [0.4, 0.5) is 0 Å². The lowest BCUT2D eigenvalue weighted by molar-refractivity contribution is -0.431. The third-order valence-electron chi connectivity index (χ3n) is 1.28. The first-order valence-corrected chi connectivity index (χ1v) is 4.08. The second kappa shape index (κ2) is 5.35. The number of rotatable bonds is 4. The van der Waals surface area contributed by atoms with Gasteiger partial charge in [0.05, 0.1) is 12.8 Å². The van der Waals surface area contributed by atoms with Crippen molar-refractivity contribution in [3.05, 3.63) is 11.9 Å². The molecule has 13 heavy (non-hydrogen) atoms. The van der Waals surface area contributed by atoms with Crippen LogP contribution < -0.4 is 0 Å². The van der Waals surface area contributed by atoms with Crippen LogP contribution in [0.2, 0.25) is 0 Å². The molecular formula is C9H17N2O2+. The van der Waals surface area contributed by atoms with Crippen LogP contribution in [-0.2, 0) is 9.53 Å². The summed E-state index contributed by atoms with van der Waals surface area (Å²) in [7, 11) is 5.37. The van der Waals surface area contributed by atoms with Gasteiger partial charge in [-0.3, -0.25) is 0 Å². The predicted octanol–water partition coefficient (Wildman–Crippen LogP) is 0.295. The predicted molar refractivity (Wildman–Crippen MR) is 51.7 cm³/mol. The van der Waals surface area contributed by atoms with E-state index in [1.807, 2.05) is 14.1 Å². The Morgan fingerprint density at radius 2 is 2.15 bits per heavy atom. The minimum absolute atomic E-state index is 0.353. The summed E-state index contributed by atoms with van der Waals surface area (Å²) in [5.41, 5.74) is 0.437. The first-order valence-electron chi connectivity index (χ1n) is 4.08. The Morgan fingerprint density at radius 3 is 2.46 bits per heavy atom. The van der Waals surface area contributed by atoms with E-state index in [0.29, 0.717) is 12.3 Å². The van der Waals surface area contributed by atoms with E-state index in [-0.39, 0.29) is 5.97 Å². The van der Waals surface area contributed by atoms with Gasteiger partial charge in [-0.1, -0.05) is 0 Å². The van der Waals surface area contributed by atoms with Crippen LogP contribution in [0.25, 0.3) is 0 Å². The standard InChI is InChI=1S/C9H17N2O2/c1-6-13-9(12)8(11(4)5)7-10(2)3/h7H,4,6H2,1-3,5H3/q+1/b8-7-. The molecule has 0 saturated carbocycles.